The van der Waals surface area contributed by atoms with Crippen LogP contribution < -0.4 is 0 Å². The van der Waals surface area contributed by atoms with Crippen LogP contribution in [0.15, 0.2) is 8.47 Å². The third kappa shape index (κ3) is 5.42. The Morgan fingerprint density at radius 1 is 1.40 bits per heavy atom. The molecule has 0 amide bonds. The zero-order chi connectivity index (χ0) is 7.98. The van der Waals surface area contributed by atoms with Gasteiger partial charge < -0.3 is 0 Å². The maximum absolute atomic E-state index is 8.18. The molecule has 0 radical (unpaired) electrons. The molecule has 0 aliphatic carbocycles. The van der Waals surface area contributed by atoms with Gasteiger partial charge in [-0.2, -0.15) is 5.26 Å². The predicted octanol–water partition coefficient (Wildman–Crippen LogP) is 2.55. The summed E-state index contributed by atoms with van der Waals surface area (Å²) in [5.74, 6) is 0.750. The van der Waals surface area contributed by atoms with Gasteiger partial charge in [0.05, 0.1) is 14.5 Å². The Morgan fingerprint density at radius 3 is 2.40 bits per heavy atom. The van der Waals surface area contributed by atoms with Crippen molar-refractivity contribution in [1.29, 1.82) is 5.26 Å². The van der Waals surface area contributed by atoms with E-state index >= 15 is 0 Å². The molecule has 0 saturated heterocycles. The first kappa shape index (κ1) is 10.6. The van der Waals surface area contributed by atoms with Gasteiger partial charge in [0.1, 0.15) is 0 Å². The van der Waals surface area contributed by atoms with Gasteiger partial charge in [-0.15, -0.1) is 49.6 Å². The Labute approximate surface area is 81.5 Å². The molecular formula is C5H7NS4. The van der Waals surface area contributed by atoms with Gasteiger partial charge in [0.2, 0.25) is 0 Å². The van der Waals surface area contributed by atoms with Crippen LogP contribution in [0.2, 0.25) is 0 Å². The van der Waals surface area contributed by atoms with Crippen molar-refractivity contribution in [2.45, 2.75) is 6.42 Å². The van der Waals surface area contributed by atoms with Crippen molar-refractivity contribution in [3.05, 3.63) is 8.47 Å². The summed E-state index contributed by atoms with van der Waals surface area (Å²) in [6.45, 7) is 0. The van der Waals surface area contributed by atoms with Gasteiger partial charge in [0.25, 0.3) is 0 Å². The van der Waals surface area contributed by atoms with Crippen molar-refractivity contribution in [3.8, 4) is 6.07 Å². The van der Waals surface area contributed by atoms with E-state index in [0.717, 1.165) is 9.99 Å². The first-order chi connectivity index (χ1) is 4.68. The summed E-state index contributed by atoms with van der Waals surface area (Å²) in [5.41, 5.74) is 0. The van der Waals surface area contributed by atoms with Gasteiger partial charge in [0.15, 0.2) is 0 Å². The summed E-state index contributed by atoms with van der Waals surface area (Å²) < 4.78 is 1.37. The molecule has 0 aromatic carbocycles. The number of nitriles is 1. The largest absolute Gasteiger partial charge is 0.198 e. The Hall–Kier alpha value is 0.630. The Morgan fingerprint density at radius 2 is 2.00 bits per heavy atom. The third-order valence-electron chi connectivity index (χ3n) is 0.644. The van der Waals surface area contributed by atoms with Crippen LogP contribution in [-0.4, -0.2) is 5.75 Å². The minimum Gasteiger partial charge on any atom is -0.198 e. The monoisotopic (exact) mass is 209 g/mol. The summed E-state index contributed by atoms with van der Waals surface area (Å²) in [5, 5.41) is 8.18. The number of thiol groups is 3. The SMILES string of the molecule is N#CCCSC(S)=C(S)S. The molecule has 0 aliphatic rings. The summed E-state index contributed by atoms with van der Waals surface area (Å²) in [6, 6.07) is 2.03. The maximum Gasteiger partial charge on any atom is 0.0630 e. The van der Waals surface area contributed by atoms with Crippen molar-refractivity contribution < 1.29 is 0 Å². The summed E-state index contributed by atoms with van der Waals surface area (Å²) in [4.78, 5) is 0. The molecule has 0 aromatic rings. The summed E-state index contributed by atoms with van der Waals surface area (Å²) in [7, 11) is 0. The fourth-order valence-electron chi connectivity index (χ4n) is 0.258. The van der Waals surface area contributed by atoms with E-state index < -0.39 is 0 Å². The molecule has 0 bridgehead atoms. The maximum atomic E-state index is 8.18. The summed E-state index contributed by atoms with van der Waals surface area (Å²) in [6.07, 6.45) is 0.531. The van der Waals surface area contributed by atoms with E-state index in [1.165, 1.54) is 11.8 Å². The van der Waals surface area contributed by atoms with Gasteiger partial charge in [-0.05, 0) is 0 Å². The number of thioether (sulfide) groups is 1. The van der Waals surface area contributed by atoms with E-state index in [1.54, 1.807) is 0 Å². The van der Waals surface area contributed by atoms with Crippen molar-refractivity contribution in [2.75, 3.05) is 5.75 Å². The van der Waals surface area contributed by atoms with Crippen molar-refractivity contribution in [3.63, 3.8) is 0 Å². The van der Waals surface area contributed by atoms with E-state index in [9.17, 15) is 0 Å². The molecule has 1 nitrogen and oxygen atoms in total. The number of hydrogen-bond acceptors (Lipinski definition) is 5. The Balaban J connectivity index is 3.52. The van der Waals surface area contributed by atoms with Crippen LogP contribution in [0.4, 0.5) is 0 Å². The fourth-order valence-corrected chi connectivity index (χ4v) is 1.43. The van der Waals surface area contributed by atoms with Crippen LogP contribution in [0.1, 0.15) is 6.42 Å². The predicted molar refractivity (Wildman–Crippen MR) is 56.7 cm³/mol. The highest BCUT2D eigenvalue weighted by atomic mass is 32.2. The Bertz CT molecular complexity index is 165. The minimum atomic E-state index is 0.531. The highest BCUT2D eigenvalue weighted by molar-refractivity contribution is 8.18. The highest BCUT2D eigenvalue weighted by Gasteiger charge is 1.94. The normalized spacial score (nSPS) is 8.60. The lowest BCUT2D eigenvalue weighted by atomic mass is 10.6. The molecule has 0 heterocycles. The molecule has 0 rings (SSSR count). The molecule has 0 aliphatic heterocycles. The van der Waals surface area contributed by atoms with Crippen molar-refractivity contribution >= 4 is 49.6 Å². The second-order valence-electron chi connectivity index (χ2n) is 1.39. The summed E-state index contributed by atoms with van der Waals surface area (Å²) >= 11 is 13.5. The molecule has 0 aromatic heterocycles. The third-order valence-corrected chi connectivity index (χ3v) is 3.24. The average Bonchev–Trinajstić information content (AvgIpc) is 1.88. The van der Waals surface area contributed by atoms with E-state index in [0.29, 0.717) is 10.7 Å². The fraction of sp³-hybridized carbons (Fsp3) is 0.400. The molecule has 56 valence electrons. The first-order valence-electron chi connectivity index (χ1n) is 2.49. The minimum absolute atomic E-state index is 0.531. The van der Waals surface area contributed by atoms with E-state index in [1.807, 2.05) is 6.07 Å². The Kier molecular flexibility index (Phi) is 6.75. The highest BCUT2D eigenvalue weighted by Crippen LogP contribution is 2.27. The van der Waals surface area contributed by atoms with Crippen LogP contribution >= 0.6 is 49.6 Å². The standard InChI is InChI=1S/C5H7NS4/c6-2-1-3-10-5(9)4(7)8/h7-9H,1,3H2. The van der Waals surface area contributed by atoms with Crippen LogP contribution in [0.25, 0.3) is 0 Å². The van der Waals surface area contributed by atoms with Crippen molar-refractivity contribution in [2.24, 2.45) is 0 Å². The molecule has 5 heteroatoms. The van der Waals surface area contributed by atoms with Gasteiger partial charge >= 0.3 is 0 Å². The molecule has 0 N–H and O–H groups in total. The second kappa shape index (κ2) is 6.35. The van der Waals surface area contributed by atoms with Crippen LogP contribution in [0, 0.1) is 11.3 Å². The van der Waals surface area contributed by atoms with Gasteiger partial charge in [-0.25, -0.2) is 0 Å². The van der Waals surface area contributed by atoms with Gasteiger partial charge in [0, 0.05) is 12.2 Å². The van der Waals surface area contributed by atoms with E-state index in [2.05, 4.69) is 37.9 Å². The number of rotatable bonds is 3. The number of nitrogens with zero attached hydrogens (tertiary/aromatic N) is 1. The molecule has 0 fully saturated rings. The number of hydrogen-bond donors (Lipinski definition) is 3. The molecule has 10 heavy (non-hydrogen) atoms. The lowest BCUT2D eigenvalue weighted by Crippen LogP contribution is -1.74. The van der Waals surface area contributed by atoms with Crippen LogP contribution in [0.3, 0.4) is 0 Å². The van der Waals surface area contributed by atoms with Crippen molar-refractivity contribution in [1.82, 2.24) is 0 Å². The second-order valence-corrected chi connectivity index (χ2v) is 4.49. The van der Waals surface area contributed by atoms with Gasteiger partial charge in [-0.3, -0.25) is 0 Å². The lowest BCUT2D eigenvalue weighted by molar-refractivity contribution is 1.24. The lowest BCUT2D eigenvalue weighted by Gasteiger charge is -1.96. The molecule has 0 spiro atoms. The smallest absolute Gasteiger partial charge is 0.0630 e. The molecule has 0 unspecified atom stereocenters. The van der Waals surface area contributed by atoms with Gasteiger partial charge in [-0.1, -0.05) is 0 Å². The topological polar surface area (TPSA) is 23.8 Å². The molecule has 0 atom stereocenters. The zero-order valence-electron chi connectivity index (χ0n) is 5.11. The van der Waals surface area contributed by atoms with Crippen LogP contribution in [0.5, 0.6) is 0 Å². The van der Waals surface area contributed by atoms with E-state index in [4.69, 9.17) is 5.26 Å². The average molecular weight is 209 g/mol. The molecule has 0 saturated carbocycles. The first-order valence-corrected chi connectivity index (χ1v) is 4.82. The molecular weight excluding hydrogens is 202 g/mol. The zero-order valence-corrected chi connectivity index (χ0v) is 8.61. The van der Waals surface area contributed by atoms with Crippen LogP contribution in [-0.2, 0) is 0 Å². The quantitative estimate of drug-likeness (QED) is 0.491. The van der Waals surface area contributed by atoms with E-state index in [-0.39, 0.29) is 0 Å².